The zero-order chi connectivity index (χ0) is 17.0. The van der Waals surface area contributed by atoms with Crippen molar-refractivity contribution < 1.29 is 14.7 Å². The first-order valence-corrected chi connectivity index (χ1v) is 8.64. The van der Waals surface area contributed by atoms with Crippen molar-refractivity contribution in [3.05, 3.63) is 35.4 Å². The standard InChI is InChI=1S/C15H17N3O3S2/c1-15(2,3)10-6-4-9(5-7-10)12(21)16-13-17-18-14(23-13)22-8-11(19)20/h4-7H,8H2,1-3H3,(H,19,20)(H,16,17,21)/p-1. The zero-order valence-electron chi connectivity index (χ0n) is 13.0. The summed E-state index contributed by atoms with van der Waals surface area (Å²) in [6.07, 6.45) is 0. The van der Waals surface area contributed by atoms with E-state index in [0.29, 0.717) is 15.0 Å². The number of aromatic nitrogens is 2. The molecule has 6 nitrogen and oxygen atoms in total. The molecule has 0 spiro atoms. The zero-order valence-corrected chi connectivity index (χ0v) is 14.6. The van der Waals surface area contributed by atoms with Crippen molar-refractivity contribution in [2.75, 3.05) is 11.1 Å². The van der Waals surface area contributed by atoms with E-state index in [-0.39, 0.29) is 17.1 Å². The van der Waals surface area contributed by atoms with Gasteiger partial charge < -0.3 is 9.90 Å². The Kier molecular flexibility index (Phi) is 5.38. The van der Waals surface area contributed by atoms with E-state index in [9.17, 15) is 14.7 Å². The molecule has 1 N–H and O–H groups in total. The first-order chi connectivity index (χ1) is 10.8. The lowest BCUT2D eigenvalue weighted by Gasteiger charge is -2.18. The SMILES string of the molecule is CC(C)(C)c1ccc(C(=O)Nc2nnc(SCC(=O)[O-])s2)cc1. The summed E-state index contributed by atoms with van der Waals surface area (Å²) in [6.45, 7) is 6.32. The highest BCUT2D eigenvalue weighted by molar-refractivity contribution is 8.01. The lowest BCUT2D eigenvalue weighted by molar-refractivity contribution is -0.301. The lowest BCUT2D eigenvalue weighted by atomic mass is 9.87. The molecule has 0 saturated heterocycles. The monoisotopic (exact) mass is 350 g/mol. The number of hydrogen-bond acceptors (Lipinski definition) is 7. The van der Waals surface area contributed by atoms with Crippen LogP contribution in [0, 0.1) is 0 Å². The van der Waals surface area contributed by atoms with Gasteiger partial charge >= 0.3 is 0 Å². The number of carboxylic acids is 1. The third kappa shape index (κ3) is 5.04. The van der Waals surface area contributed by atoms with Crippen LogP contribution in [-0.4, -0.2) is 27.8 Å². The third-order valence-electron chi connectivity index (χ3n) is 2.95. The van der Waals surface area contributed by atoms with Gasteiger partial charge in [0.05, 0.1) is 5.97 Å². The van der Waals surface area contributed by atoms with E-state index in [4.69, 9.17) is 0 Å². The van der Waals surface area contributed by atoms with Crippen LogP contribution in [0.5, 0.6) is 0 Å². The fourth-order valence-electron chi connectivity index (χ4n) is 1.73. The Morgan fingerprint density at radius 3 is 2.43 bits per heavy atom. The van der Waals surface area contributed by atoms with Crippen LogP contribution in [0.15, 0.2) is 28.6 Å². The van der Waals surface area contributed by atoms with Crippen molar-refractivity contribution in [2.45, 2.75) is 30.5 Å². The molecule has 2 rings (SSSR count). The summed E-state index contributed by atoms with van der Waals surface area (Å²) in [5.74, 6) is -1.65. The largest absolute Gasteiger partial charge is 0.549 e. The molecule has 0 aliphatic heterocycles. The van der Waals surface area contributed by atoms with Crippen LogP contribution < -0.4 is 10.4 Å². The molecule has 0 fully saturated rings. The minimum Gasteiger partial charge on any atom is -0.549 e. The number of nitrogens with zero attached hydrogens (tertiary/aromatic N) is 2. The first-order valence-electron chi connectivity index (χ1n) is 6.84. The number of carbonyl (C=O) groups excluding carboxylic acids is 2. The predicted molar refractivity (Wildman–Crippen MR) is 88.7 cm³/mol. The molecular formula is C15H16N3O3S2-. The maximum absolute atomic E-state index is 12.2. The molecule has 2 aromatic rings. The summed E-state index contributed by atoms with van der Waals surface area (Å²) >= 11 is 2.13. The number of aliphatic carboxylic acids is 1. The van der Waals surface area contributed by atoms with Crippen molar-refractivity contribution in [1.82, 2.24) is 10.2 Å². The Hall–Kier alpha value is -1.93. The number of amides is 1. The van der Waals surface area contributed by atoms with Crippen LogP contribution in [-0.2, 0) is 10.2 Å². The van der Waals surface area contributed by atoms with E-state index in [0.717, 1.165) is 28.7 Å². The third-order valence-corrected chi connectivity index (χ3v) is 4.90. The molecule has 0 radical (unpaired) electrons. The number of carbonyl (C=O) groups is 2. The molecule has 0 unspecified atom stereocenters. The normalized spacial score (nSPS) is 11.3. The predicted octanol–water partition coefficient (Wildman–Crippen LogP) is 1.93. The van der Waals surface area contributed by atoms with Gasteiger partial charge in [-0.2, -0.15) is 0 Å². The van der Waals surface area contributed by atoms with Crippen molar-refractivity contribution in [1.29, 1.82) is 0 Å². The molecular weight excluding hydrogens is 334 g/mol. The molecule has 1 aromatic heterocycles. The second kappa shape index (κ2) is 7.10. The van der Waals surface area contributed by atoms with Crippen LogP contribution >= 0.6 is 23.1 Å². The van der Waals surface area contributed by atoms with Gasteiger partial charge in [0.1, 0.15) is 0 Å². The van der Waals surface area contributed by atoms with E-state index < -0.39 is 5.97 Å². The van der Waals surface area contributed by atoms with Gasteiger partial charge in [-0.25, -0.2) is 0 Å². The van der Waals surface area contributed by atoms with Crippen LogP contribution in [0.3, 0.4) is 0 Å². The molecule has 8 heteroatoms. The van der Waals surface area contributed by atoms with Crippen LogP contribution in [0.4, 0.5) is 5.13 Å². The molecule has 0 aliphatic rings. The topological polar surface area (TPSA) is 95.0 Å². The lowest BCUT2D eigenvalue weighted by Crippen LogP contribution is -2.24. The Bertz CT molecular complexity index is 706. The molecule has 1 aromatic carbocycles. The number of rotatable bonds is 5. The van der Waals surface area contributed by atoms with Gasteiger partial charge in [-0.1, -0.05) is 56.0 Å². The molecule has 0 aliphatic carbocycles. The maximum Gasteiger partial charge on any atom is 0.257 e. The summed E-state index contributed by atoms with van der Waals surface area (Å²) in [5.41, 5.74) is 1.70. The van der Waals surface area contributed by atoms with Gasteiger partial charge in [-0.15, -0.1) is 10.2 Å². The van der Waals surface area contributed by atoms with Gasteiger partial charge in [0.15, 0.2) is 4.34 Å². The molecule has 122 valence electrons. The quantitative estimate of drug-likeness (QED) is 0.654. The van der Waals surface area contributed by atoms with E-state index in [2.05, 4.69) is 36.3 Å². The Balaban J connectivity index is 2.00. The van der Waals surface area contributed by atoms with E-state index in [1.165, 1.54) is 0 Å². The van der Waals surface area contributed by atoms with Crippen molar-refractivity contribution in [2.24, 2.45) is 0 Å². The minimum atomic E-state index is -1.17. The van der Waals surface area contributed by atoms with Gasteiger partial charge in [0.2, 0.25) is 5.13 Å². The number of benzene rings is 1. The van der Waals surface area contributed by atoms with Gasteiger partial charge in [-0.05, 0) is 23.1 Å². The summed E-state index contributed by atoms with van der Waals surface area (Å²) in [5, 5.41) is 21.0. The van der Waals surface area contributed by atoms with Gasteiger partial charge in [-0.3, -0.25) is 10.1 Å². The number of hydrogen-bond donors (Lipinski definition) is 1. The molecule has 23 heavy (non-hydrogen) atoms. The number of thioether (sulfide) groups is 1. The van der Waals surface area contributed by atoms with Crippen molar-refractivity contribution >= 4 is 40.1 Å². The average Bonchev–Trinajstić information content (AvgIpc) is 2.92. The van der Waals surface area contributed by atoms with Crippen molar-refractivity contribution in [3.63, 3.8) is 0 Å². The van der Waals surface area contributed by atoms with E-state index in [1.54, 1.807) is 12.1 Å². The van der Waals surface area contributed by atoms with E-state index >= 15 is 0 Å². The van der Waals surface area contributed by atoms with Gasteiger partial charge in [0, 0.05) is 11.3 Å². The number of carboxylic acid groups (broad SMARTS) is 1. The summed E-state index contributed by atoms with van der Waals surface area (Å²) < 4.78 is 0.465. The number of nitrogens with one attached hydrogen (secondary N) is 1. The van der Waals surface area contributed by atoms with E-state index in [1.807, 2.05) is 12.1 Å². The molecule has 1 amide bonds. The van der Waals surface area contributed by atoms with Crippen LogP contribution in [0.25, 0.3) is 0 Å². The summed E-state index contributed by atoms with van der Waals surface area (Å²) in [7, 11) is 0. The highest BCUT2D eigenvalue weighted by atomic mass is 32.2. The minimum absolute atomic E-state index is 0.0271. The molecule has 0 atom stereocenters. The highest BCUT2D eigenvalue weighted by Crippen LogP contribution is 2.26. The molecule has 0 saturated carbocycles. The summed E-state index contributed by atoms with van der Waals surface area (Å²) in [6, 6.07) is 7.39. The Labute approximate surface area is 142 Å². The number of anilines is 1. The Morgan fingerprint density at radius 2 is 1.87 bits per heavy atom. The smallest absolute Gasteiger partial charge is 0.257 e. The fraction of sp³-hybridized carbons (Fsp3) is 0.333. The second-order valence-corrected chi connectivity index (χ2v) is 8.02. The maximum atomic E-state index is 12.2. The Morgan fingerprint density at radius 1 is 1.22 bits per heavy atom. The van der Waals surface area contributed by atoms with Gasteiger partial charge in [0.25, 0.3) is 5.91 Å². The first kappa shape index (κ1) is 17.4. The average molecular weight is 350 g/mol. The summed E-state index contributed by atoms with van der Waals surface area (Å²) in [4.78, 5) is 22.6. The van der Waals surface area contributed by atoms with Crippen LogP contribution in [0.1, 0.15) is 36.7 Å². The molecule has 0 bridgehead atoms. The fourth-order valence-corrected chi connectivity index (χ4v) is 3.19. The second-order valence-electron chi connectivity index (χ2n) is 5.82. The van der Waals surface area contributed by atoms with Crippen LogP contribution in [0.2, 0.25) is 0 Å². The highest BCUT2D eigenvalue weighted by Gasteiger charge is 2.15. The van der Waals surface area contributed by atoms with Crippen molar-refractivity contribution in [3.8, 4) is 0 Å². The molecule has 1 heterocycles.